The topological polar surface area (TPSA) is 32.6 Å². The van der Waals surface area contributed by atoms with Crippen LogP contribution in [0.1, 0.15) is 105 Å². The van der Waals surface area contributed by atoms with Crippen molar-refractivity contribution in [3.05, 3.63) is 11.6 Å². The molecule has 164 valence electrons. The van der Waals surface area contributed by atoms with Crippen molar-refractivity contribution in [2.75, 3.05) is 0 Å². The maximum atomic E-state index is 9.27. The molecule has 3 fully saturated rings. The van der Waals surface area contributed by atoms with Crippen LogP contribution in [0.15, 0.2) is 16.8 Å². The lowest BCUT2D eigenvalue weighted by molar-refractivity contribution is -0.0574. The van der Waals surface area contributed by atoms with E-state index in [-0.39, 0.29) is 0 Å². The number of nitrogens with zero attached hydrogens (tertiary/aromatic N) is 1. The molecule has 0 spiro atoms. The van der Waals surface area contributed by atoms with Crippen molar-refractivity contribution in [3.63, 3.8) is 0 Å². The molecule has 3 saturated carbocycles. The maximum Gasteiger partial charge on any atom is 0.0795 e. The summed E-state index contributed by atoms with van der Waals surface area (Å²) in [6, 6.07) is 0. The number of hydrogen-bond acceptors (Lipinski definition) is 2. The summed E-state index contributed by atoms with van der Waals surface area (Å²) in [5, 5.41) is 12.8. The average molecular weight is 400 g/mol. The molecule has 0 unspecified atom stereocenters. The van der Waals surface area contributed by atoms with Gasteiger partial charge in [-0.2, -0.15) is 0 Å². The Labute approximate surface area is 179 Å². The number of oxime groups is 1. The summed E-state index contributed by atoms with van der Waals surface area (Å²) in [6.07, 6.45) is 17.1. The van der Waals surface area contributed by atoms with Crippen LogP contribution in [-0.2, 0) is 0 Å². The Bertz CT molecular complexity index is 663. The van der Waals surface area contributed by atoms with Crippen molar-refractivity contribution in [1.82, 2.24) is 0 Å². The van der Waals surface area contributed by atoms with Gasteiger partial charge in [0.05, 0.1) is 5.71 Å². The molecule has 0 aromatic carbocycles. The zero-order valence-electron chi connectivity index (χ0n) is 19.7. The molecule has 29 heavy (non-hydrogen) atoms. The fraction of sp³-hybridized carbons (Fsp3) is 0.889. The highest BCUT2D eigenvalue weighted by molar-refractivity contribution is 5.96. The molecule has 0 aliphatic heterocycles. The molecule has 1 N–H and O–H groups in total. The molecule has 4 rings (SSSR count). The first-order valence-corrected chi connectivity index (χ1v) is 12.7. The van der Waals surface area contributed by atoms with Gasteiger partial charge in [0.15, 0.2) is 0 Å². The van der Waals surface area contributed by atoms with Gasteiger partial charge in [-0.05, 0) is 104 Å². The molecule has 2 heteroatoms. The van der Waals surface area contributed by atoms with Crippen LogP contribution in [0, 0.1) is 46.3 Å². The first-order valence-electron chi connectivity index (χ1n) is 12.7. The monoisotopic (exact) mass is 399 g/mol. The van der Waals surface area contributed by atoms with Gasteiger partial charge < -0.3 is 5.21 Å². The third-order valence-corrected chi connectivity index (χ3v) is 10.3. The lowest BCUT2D eigenvalue weighted by atomic mass is 9.46. The van der Waals surface area contributed by atoms with Crippen molar-refractivity contribution in [2.24, 2.45) is 51.5 Å². The van der Waals surface area contributed by atoms with Crippen molar-refractivity contribution >= 4 is 5.71 Å². The smallest absolute Gasteiger partial charge is 0.0795 e. The molecule has 0 amide bonds. The molecule has 0 saturated heterocycles. The highest BCUT2D eigenvalue weighted by Gasteiger charge is 2.59. The second-order valence-electron chi connectivity index (χ2n) is 12.1. The van der Waals surface area contributed by atoms with E-state index < -0.39 is 0 Å². The Morgan fingerprint density at radius 3 is 2.52 bits per heavy atom. The molecule has 0 heterocycles. The van der Waals surface area contributed by atoms with E-state index in [1.807, 2.05) is 0 Å². The summed E-state index contributed by atoms with van der Waals surface area (Å²) in [5.41, 5.74) is 3.45. The number of fused-ring (bicyclic) bond motifs is 5. The van der Waals surface area contributed by atoms with E-state index in [9.17, 15) is 5.21 Å². The van der Waals surface area contributed by atoms with Crippen molar-refractivity contribution < 1.29 is 5.21 Å². The van der Waals surface area contributed by atoms with Gasteiger partial charge in [-0.1, -0.05) is 64.6 Å². The fourth-order valence-corrected chi connectivity index (χ4v) is 8.67. The Morgan fingerprint density at radius 2 is 1.79 bits per heavy atom. The first-order chi connectivity index (χ1) is 13.8. The Hall–Kier alpha value is -0.790. The summed E-state index contributed by atoms with van der Waals surface area (Å²) in [7, 11) is 0. The van der Waals surface area contributed by atoms with Crippen LogP contribution in [0.5, 0.6) is 0 Å². The van der Waals surface area contributed by atoms with E-state index in [1.54, 1.807) is 5.57 Å². The maximum absolute atomic E-state index is 9.27. The van der Waals surface area contributed by atoms with E-state index in [0.29, 0.717) is 10.8 Å². The molecule has 4 aliphatic rings. The third kappa shape index (κ3) is 3.61. The van der Waals surface area contributed by atoms with E-state index in [1.165, 1.54) is 64.2 Å². The first kappa shape index (κ1) is 21.4. The van der Waals surface area contributed by atoms with Crippen molar-refractivity contribution in [2.45, 2.75) is 105 Å². The zero-order valence-corrected chi connectivity index (χ0v) is 19.7. The van der Waals surface area contributed by atoms with Crippen LogP contribution in [0.2, 0.25) is 0 Å². The van der Waals surface area contributed by atoms with Gasteiger partial charge >= 0.3 is 0 Å². The molecule has 0 aromatic heterocycles. The Kier molecular flexibility index (Phi) is 5.95. The quantitative estimate of drug-likeness (QED) is 0.370. The molecular formula is C27H45NO. The molecule has 4 aliphatic carbocycles. The second-order valence-corrected chi connectivity index (χ2v) is 12.1. The van der Waals surface area contributed by atoms with E-state index in [4.69, 9.17) is 0 Å². The Morgan fingerprint density at radius 1 is 1.00 bits per heavy atom. The second kappa shape index (κ2) is 8.04. The van der Waals surface area contributed by atoms with E-state index in [2.05, 4.69) is 45.9 Å². The highest BCUT2D eigenvalue weighted by Crippen LogP contribution is 2.67. The number of hydrogen-bond donors (Lipinski definition) is 1. The normalized spacial score (nSPS) is 44.2. The van der Waals surface area contributed by atoms with Gasteiger partial charge in [0.2, 0.25) is 0 Å². The molecular weight excluding hydrogens is 354 g/mol. The largest absolute Gasteiger partial charge is 0.411 e. The predicted molar refractivity (Wildman–Crippen MR) is 122 cm³/mol. The fourth-order valence-electron chi connectivity index (χ4n) is 8.67. The molecule has 0 radical (unpaired) electrons. The lowest BCUT2D eigenvalue weighted by Gasteiger charge is -2.58. The van der Waals surface area contributed by atoms with Crippen LogP contribution >= 0.6 is 0 Å². The van der Waals surface area contributed by atoms with Gasteiger partial charge in [-0.15, -0.1) is 0 Å². The highest BCUT2D eigenvalue weighted by atomic mass is 16.4. The minimum atomic E-state index is 0.361. The summed E-state index contributed by atoms with van der Waals surface area (Å²) in [4.78, 5) is 0. The molecule has 0 aromatic rings. The lowest BCUT2D eigenvalue weighted by Crippen LogP contribution is -2.51. The SMILES string of the molecule is CC(C)CCC[C@@H](C)[C@@H]1CC[C@@H]2[C@H]3CCC4=C/C(=N\O)CC[C@]4(C)[C@@H]3CC[C@@]21C. The molecule has 2 nitrogen and oxygen atoms in total. The molecule has 7 atom stereocenters. The van der Waals surface area contributed by atoms with Crippen LogP contribution in [0.3, 0.4) is 0 Å². The Balaban J connectivity index is 1.49. The standard InChI is InChI=1S/C27H45NO/c1-18(2)7-6-8-19(3)23-11-12-24-22-10-9-20-17-21(28-29)13-15-26(20,4)25(22)14-16-27(23,24)5/h17-19,22-25,29H,6-16H2,1-5H3/b28-21-/t19-,22-,23+,24-,25-,26+,27-/m1/s1. The third-order valence-electron chi connectivity index (χ3n) is 10.3. The van der Waals surface area contributed by atoms with Gasteiger partial charge in [0.25, 0.3) is 0 Å². The summed E-state index contributed by atoms with van der Waals surface area (Å²) in [6.45, 7) is 12.5. The van der Waals surface area contributed by atoms with Gasteiger partial charge in [0.1, 0.15) is 0 Å². The summed E-state index contributed by atoms with van der Waals surface area (Å²) < 4.78 is 0. The summed E-state index contributed by atoms with van der Waals surface area (Å²) in [5.74, 6) is 5.43. The minimum absolute atomic E-state index is 0.361. The van der Waals surface area contributed by atoms with Crippen LogP contribution in [0.4, 0.5) is 0 Å². The van der Waals surface area contributed by atoms with E-state index >= 15 is 0 Å². The zero-order chi connectivity index (χ0) is 20.8. The molecule has 0 bridgehead atoms. The number of allylic oxidation sites excluding steroid dienone is 2. The van der Waals surface area contributed by atoms with Gasteiger partial charge in [0, 0.05) is 0 Å². The van der Waals surface area contributed by atoms with Crippen LogP contribution in [0.25, 0.3) is 0 Å². The van der Waals surface area contributed by atoms with Crippen LogP contribution in [-0.4, -0.2) is 10.9 Å². The number of rotatable bonds is 5. The van der Waals surface area contributed by atoms with Gasteiger partial charge in [-0.3, -0.25) is 0 Å². The summed E-state index contributed by atoms with van der Waals surface area (Å²) >= 11 is 0. The van der Waals surface area contributed by atoms with Crippen molar-refractivity contribution in [3.8, 4) is 0 Å². The average Bonchev–Trinajstić information content (AvgIpc) is 3.04. The van der Waals surface area contributed by atoms with Gasteiger partial charge in [-0.25, -0.2) is 0 Å². The predicted octanol–water partition coefficient (Wildman–Crippen LogP) is 7.86. The minimum Gasteiger partial charge on any atom is -0.411 e. The van der Waals surface area contributed by atoms with E-state index in [0.717, 1.165) is 47.6 Å². The van der Waals surface area contributed by atoms with Crippen molar-refractivity contribution in [1.29, 1.82) is 0 Å². The van der Waals surface area contributed by atoms with Crippen LogP contribution < -0.4 is 0 Å².